The monoisotopic (exact) mass is 299 g/mol. The highest BCUT2D eigenvalue weighted by Gasteiger charge is 2.37. The normalized spacial score (nSPS) is 24.5. The maximum absolute atomic E-state index is 12.1. The molecule has 2 atom stereocenters. The van der Waals surface area contributed by atoms with Crippen molar-refractivity contribution in [3.05, 3.63) is 0 Å². The van der Waals surface area contributed by atoms with E-state index >= 15 is 0 Å². The zero-order chi connectivity index (χ0) is 15.6. The summed E-state index contributed by atoms with van der Waals surface area (Å²) < 4.78 is 0. The molecule has 0 bridgehead atoms. The first kappa shape index (κ1) is 15.6. The molecule has 2 fully saturated rings. The van der Waals surface area contributed by atoms with E-state index in [1.165, 1.54) is 6.92 Å². The Morgan fingerprint density at radius 1 is 1.43 bits per heavy atom. The molecule has 21 heavy (non-hydrogen) atoms. The summed E-state index contributed by atoms with van der Waals surface area (Å²) in [7, 11) is 0. The van der Waals surface area contributed by atoms with E-state index in [2.05, 4.69) is 5.32 Å². The van der Waals surface area contributed by atoms with Gasteiger partial charge >= 0.3 is 12.0 Å². The number of hydrogen-bond donors (Lipinski definition) is 3. The van der Waals surface area contributed by atoms with Crippen LogP contribution >= 0.6 is 0 Å². The highest BCUT2D eigenvalue weighted by atomic mass is 16.4. The number of nitrogens with one attached hydrogen (secondary N) is 1. The van der Waals surface area contributed by atoms with Crippen molar-refractivity contribution >= 4 is 17.9 Å². The fourth-order valence-electron chi connectivity index (χ4n) is 2.81. The van der Waals surface area contributed by atoms with Crippen LogP contribution in [0.5, 0.6) is 0 Å². The average molecular weight is 299 g/mol. The Balaban J connectivity index is 1.82. The third-order valence-corrected chi connectivity index (χ3v) is 3.93. The van der Waals surface area contributed by atoms with Crippen LogP contribution in [0.1, 0.15) is 26.2 Å². The van der Waals surface area contributed by atoms with Crippen LogP contribution in [0, 0.1) is 0 Å². The SMILES string of the molecule is CC(O)(CNC(=O)N1CCN2C(=O)CCC2C1)CC(=O)O. The molecule has 0 spiro atoms. The first-order valence-electron chi connectivity index (χ1n) is 7.05. The molecule has 2 unspecified atom stereocenters. The van der Waals surface area contributed by atoms with Crippen molar-refractivity contribution in [2.24, 2.45) is 0 Å². The van der Waals surface area contributed by atoms with Crippen molar-refractivity contribution in [3.63, 3.8) is 0 Å². The maximum atomic E-state index is 12.1. The van der Waals surface area contributed by atoms with Crippen LogP contribution in [0.3, 0.4) is 0 Å². The summed E-state index contributed by atoms with van der Waals surface area (Å²) in [6.07, 6.45) is 0.866. The minimum absolute atomic E-state index is 0.0801. The predicted octanol–water partition coefficient (Wildman–Crippen LogP) is -0.772. The number of carboxylic acid groups (broad SMARTS) is 1. The number of urea groups is 1. The first-order valence-corrected chi connectivity index (χ1v) is 7.05. The molecule has 0 aromatic carbocycles. The number of fused-ring (bicyclic) bond motifs is 1. The van der Waals surface area contributed by atoms with Crippen molar-refractivity contribution in [3.8, 4) is 0 Å². The molecule has 118 valence electrons. The highest BCUT2D eigenvalue weighted by molar-refractivity contribution is 5.80. The lowest BCUT2D eigenvalue weighted by Gasteiger charge is -2.37. The molecule has 0 saturated carbocycles. The molecular formula is C13H21N3O5. The van der Waals surface area contributed by atoms with Crippen LogP contribution in [-0.2, 0) is 9.59 Å². The van der Waals surface area contributed by atoms with Gasteiger partial charge < -0.3 is 25.3 Å². The van der Waals surface area contributed by atoms with Gasteiger partial charge in [0.2, 0.25) is 5.91 Å². The van der Waals surface area contributed by atoms with Crippen molar-refractivity contribution in [2.75, 3.05) is 26.2 Å². The Kier molecular flexibility index (Phi) is 4.36. The fourth-order valence-corrected chi connectivity index (χ4v) is 2.81. The van der Waals surface area contributed by atoms with E-state index in [0.717, 1.165) is 6.42 Å². The Bertz CT molecular complexity index is 451. The lowest BCUT2D eigenvalue weighted by atomic mass is 10.0. The summed E-state index contributed by atoms with van der Waals surface area (Å²) in [6, 6.07) is -0.254. The van der Waals surface area contributed by atoms with Gasteiger partial charge in [-0.25, -0.2) is 4.79 Å². The Hall–Kier alpha value is -1.83. The molecule has 8 nitrogen and oxygen atoms in total. The van der Waals surface area contributed by atoms with Gasteiger partial charge in [-0.1, -0.05) is 0 Å². The molecule has 0 aromatic heterocycles. The average Bonchev–Trinajstić information content (AvgIpc) is 2.76. The molecule has 8 heteroatoms. The van der Waals surface area contributed by atoms with Crippen LogP contribution in [0.15, 0.2) is 0 Å². The summed E-state index contributed by atoms with van der Waals surface area (Å²) in [5.74, 6) is -0.975. The smallest absolute Gasteiger partial charge is 0.317 e. The second kappa shape index (κ2) is 5.88. The predicted molar refractivity (Wildman–Crippen MR) is 72.6 cm³/mol. The van der Waals surface area contributed by atoms with E-state index in [1.54, 1.807) is 4.90 Å². The van der Waals surface area contributed by atoms with Gasteiger partial charge in [0.25, 0.3) is 0 Å². The van der Waals surface area contributed by atoms with E-state index in [4.69, 9.17) is 5.11 Å². The van der Waals surface area contributed by atoms with Crippen molar-refractivity contribution in [1.82, 2.24) is 15.1 Å². The van der Waals surface area contributed by atoms with Crippen LogP contribution in [0.25, 0.3) is 0 Å². The van der Waals surface area contributed by atoms with E-state index in [-0.39, 0.29) is 24.5 Å². The first-order chi connectivity index (χ1) is 9.78. The number of aliphatic carboxylic acids is 1. The molecule has 2 aliphatic rings. The van der Waals surface area contributed by atoms with E-state index in [1.807, 2.05) is 4.90 Å². The van der Waals surface area contributed by atoms with E-state index in [0.29, 0.717) is 26.1 Å². The molecule has 2 heterocycles. The van der Waals surface area contributed by atoms with Crippen LogP contribution in [-0.4, -0.2) is 75.7 Å². The zero-order valence-corrected chi connectivity index (χ0v) is 12.0. The molecule has 3 amide bonds. The summed E-state index contributed by atoms with van der Waals surface area (Å²) in [6.45, 7) is 2.72. The molecule has 2 aliphatic heterocycles. The third-order valence-electron chi connectivity index (χ3n) is 3.93. The van der Waals surface area contributed by atoms with Crippen LogP contribution in [0.4, 0.5) is 4.79 Å². The van der Waals surface area contributed by atoms with Gasteiger partial charge in [-0.3, -0.25) is 9.59 Å². The molecule has 0 radical (unpaired) electrons. The van der Waals surface area contributed by atoms with Crippen molar-refractivity contribution in [1.29, 1.82) is 0 Å². The molecule has 2 saturated heterocycles. The molecule has 0 aliphatic carbocycles. The minimum atomic E-state index is -1.48. The number of carbonyl (C=O) groups is 3. The highest BCUT2D eigenvalue weighted by Crippen LogP contribution is 2.22. The van der Waals surface area contributed by atoms with E-state index < -0.39 is 18.0 Å². The van der Waals surface area contributed by atoms with Gasteiger partial charge in [0.1, 0.15) is 0 Å². The minimum Gasteiger partial charge on any atom is -0.481 e. The number of nitrogens with zero attached hydrogens (tertiary/aromatic N) is 2. The standard InChI is InChI=1S/C13H21N3O5/c1-13(21,6-11(18)19)8-14-12(20)15-4-5-16-9(7-15)2-3-10(16)17/h9,21H,2-8H2,1H3,(H,14,20)(H,18,19). The molecule has 3 N–H and O–H groups in total. The summed E-state index contributed by atoms with van der Waals surface area (Å²) in [5.41, 5.74) is -1.48. The molecule has 2 rings (SSSR count). The number of rotatable bonds is 4. The van der Waals surface area contributed by atoms with Crippen molar-refractivity contribution in [2.45, 2.75) is 37.8 Å². The number of carbonyl (C=O) groups excluding carboxylic acids is 2. The van der Waals surface area contributed by atoms with Gasteiger partial charge in [0.15, 0.2) is 0 Å². The van der Waals surface area contributed by atoms with Gasteiger partial charge in [-0.05, 0) is 13.3 Å². The number of amides is 3. The van der Waals surface area contributed by atoms with Gasteiger partial charge in [-0.2, -0.15) is 0 Å². The molecular weight excluding hydrogens is 278 g/mol. The van der Waals surface area contributed by atoms with Crippen LogP contribution in [0.2, 0.25) is 0 Å². The maximum Gasteiger partial charge on any atom is 0.317 e. The van der Waals surface area contributed by atoms with Gasteiger partial charge in [0.05, 0.1) is 12.0 Å². The second-order valence-corrected chi connectivity index (χ2v) is 5.95. The fraction of sp³-hybridized carbons (Fsp3) is 0.769. The largest absolute Gasteiger partial charge is 0.481 e. The Labute approximate surface area is 122 Å². The zero-order valence-electron chi connectivity index (χ0n) is 12.0. The lowest BCUT2D eigenvalue weighted by molar-refractivity contribution is -0.141. The third kappa shape index (κ3) is 3.84. The van der Waals surface area contributed by atoms with Gasteiger partial charge in [0, 0.05) is 38.6 Å². The summed E-state index contributed by atoms with van der Waals surface area (Å²) in [5, 5.41) is 21.1. The quantitative estimate of drug-likeness (QED) is 0.631. The Morgan fingerprint density at radius 2 is 2.14 bits per heavy atom. The Morgan fingerprint density at radius 3 is 2.81 bits per heavy atom. The second-order valence-electron chi connectivity index (χ2n) is 5.95. The van der Waals surface area contributed by atoms with E-state index in [9.17, 15) is 19.5 Å². The van der Waals surface area contributed by atoms with Crippen LogP contribution < -0.4 is 5.32 Å². The molecule has 0 aromatic rings. The summed E-state index contributed by atoms with van der Waals surface area (Å²) >= 11 is 0. The number of hydrogen-bond acceptors (Lipinski definition) is 4. The number of carboxylic acids is 1. The summed E-state index contributed by atoms with van der Waals surface area (Å²) in [4.78, 5) is 37.6. The lowest BCUT2D eigenvalue weighted by Crippen LogP contribution is -2.56. The topological polar surface area (TPSA) is 110 Å². The van der Waals surface area contributed by atoms with Crippen molar-refractivity contribution < 1.29 is 24.6 Å². The van der Waals surface area contributed by atoms with Gasteiger partial charge in [-0.15, -0.1) is 0 Å². The number of piperazine rings is 1. The number of aliphatic hydroxyl groups is 1.